The Labute approximate surface area is 220 Å². The van der Waals surface area contributed by atoms with Gasteiger partial charge in [-0.2, -0.15) is 0 Å². The Balaban J connectivity index is 1.28. The summed E-state index contributed by atoms with van der Waals surface area (Å²) >= 11 is 12.3. The number of nitrogens with zero attached hydrogens (tertiary/aromatic N) is 3. The average molecular weight is 521 g/mol. The molecule has 1 amide bonds. The highest BCUT2D eigenvalue weighted by Gasteiger charge is 2.24. The summed E-state index contributed by atoms with van der Waals surface area (Å²) in [5, 5.41) is 4.43. The lowest BCUT2D eigenvalue weighted by atomic mass is 10.1. The number of hydrogen-bond donors (Lipinski definition) is 1. The first-order valence-corrected chi connectivity index (χ1v) is 12.6. The van der Waals surface area contributed by atoms with Gasteiger partial charge in [0.1, 0.15) is 6.61 Å². The van der Waals surface area contributed by atoms with E-state index in [9.17, 15) is 4.79 Å². The number of carbonyl (C=O) groups is 1. The first-order valence-electron chi connectivity index (χ1n) is 11.8. The molecule has 4 aromatic rings. The van der Waals surface area contributed by atoms with Crippen LogP contribution in [0.15, 0.2) is 79.3 Å². The maximum absolute atomic E-state index is 13.0. The molecule has 0 saturated carbocycles. The van der Waals surface area contributed by atoms with E-state index in [1.54, 1.807) is 6.07 Å². The number of benzene rings is 3. The van der Waals surface area contributed by atoms with Gasteiger partial charge in [-0.3, -0.25) is 4.79 Å². The molecule has 1 aromatic heterocycles. The van der Waals surface area contributed by atoms with Gasteiger partial charge >= 0.3 is 0 Å². The lowest BCUT2D eigenvalue weighted by molar-refractivity contribution is 0.0949. The zero-order valence-corrected chi connectivity index (χ0v) is 21.2. The largest absolute Gasteiger partial charge is 0.489 e. The van der Waals surface area contributed by atoms with Crippen molar-refractivity contribution < 1.29 is 9.53 Å². The monoisotopic (exact) mass is 520 g/mol. The number of hydrogen-bond acceptors (Lipinski definition) is 4. The second-order valence-corrected chi connectivity index (χ2v) is 9.50. The molecule has 0 unspecified atom stereocenters. The molecule has 0 radical (unpaired) electrons. The molecule has 0 atom stereocenters. The highest BCUT2D eigenvalue weighted by Crippen LogP contribution is 2.36. The van der Waals surface area contributed by atoms with Gasteiger partial charge in [-0.15, -0.1) is 0 Å². The maximum Gasteiger partial charge on any atom is 0.255 e. The predicted molar refractivity (Wildman–Crippen MR) is 143 cm³/mol. The SMILES string of the molecule is O=C(NCCc1ccccc1Cl)c1cccc2c1OCCN2Cc1cncn1Cc1ccc(Cl)cc1. The van der Waals surface area contributed by atoms with E-state index in [4.69, 9.17) is 27.9 Å². The number of fused-ring (bicyclic) bond motifs is 1. The van der Waals surface area contributed by atoms with E-state index in [-0.39, 0.29) is 5.91 Å². The third-order valence-corrected chi connectivity index (χ3v) is 6.86. The Morgan fingerprint density at radius 2 is 1.83 bits per heavy atom. The van der Waals surface area contributed by atoms with Crippen molar-refractivity contribution in [2.45, 2.75) is 19.5 Å². The van der Waals surface area contributed by atoms with Crippen molar-refractivity contribution >= 4 is 34.8 Å². The number of aromatic nitrogens is 2. The summed E-state index contributed by atoms with van der Waals surface area (Å²) in [6, 6.07) is 21.2. The maximum atomic E-state index is 13.0. The highest BCUT2D eigenvalue weighted by molar-refractivity contribution is 6.31. The van der Waals surface area contributed by atoms with E-state index in [0.717, 1.165) is 34.1 Å². The number of nitrogens with one attached hydrogen (secondary N) is 1. The summed E-state index contributed by atoms with van der Waals surface area (Å²) in [5.74, 6) is 0.455. The average Bonchev–Trinajstić information content (AvgIpc) is 3.32. The van der Waals surface area contributed by atoms with Crippen LogP contribution in [0.5, 0.6) is 5.75 Å². The lowest BCUT2D eigenvalue weighted by Crippen LogP contribution is -2.34. The molecule has 3 aromatic carbocycles. The molecule has 36 heavy (non-hydrogen) atoms. The van der Waals surface area contributed by atoms with Crippen LogP contribution in [-0.2, 0) is 19.5 Å². The Hall–Kier alpha value is -3.48. The molecule has 0 bridgehead atoms. The van der Waals surface area contributed by atoms with Crippen molar-refractivity contribution in [3.63, 3.8) is 0 Å². The van der Waals surface area contributed by atoms with Crippen molar-refractivity contribution in [1.29, 1.82) is 0 Å². The summed E-state index contributed by atoms with van der Waals surface area (Å²) in [7, 11) is 0. The molecule has 1 aliphatic rings. The van der Waals surface area contributed by atoms with Crippen molar-refractivity contribution in [2.75, 3.05) is 24.6 Å². The van der Waals surface area contributed by atoms with Crippen molar-refractivity contribution in [3.05, 3.63) is 112 Å². The van der Waals surface area contributed by atoms with Crippen LogP contribution in [0, 0.1) is 0 Å². The number of para-hydroxylation sites is 1. The number of anilines is 1. The van der Waals surface area contributed by atoms with Gasteiger partial charge in [-0.25, -0.2) is 4.98 Å². The summed E-state index contributed by atoms with van der Waals surface area (Å²) < 4.78 is 8.12. The van der Waals surface area contributed by atoms with Gasteiger partial charge in [-0.1, -0.05) is 59.6 Å². The zero-order valence-electron chi connectivity index (χ0n) is 19.7. The molecular weight excluding hydrogens is 495 g/mol. The normalized spacial score (nSPS) is 12.7. The van der Waals surface area contributed by atoms with Crippen LogP contribution in [0.25, 0.3) is 0 Å². The molecule has 1 aliphatic heterocycles. The van der Waals surface area contributed by atoms with Crippen LogP contribution in [0.1, 0.15) is 27.2 Å². The third kappa shape index (κ3) is 5.50. The fourth-order valence-corrected chi connectivity index (χ4v) is 4.71. The predicted octanol–water partition coefficient (Wildman–Crippen LogP) is 5.61. The molecule has 8 heteroatoms. The number of rotatable bonds is 8. The quantitative estimate of drug-likeness (QED) is 0.328. The van der Waals surface area contributed by atoms with E-state index in [1.165, 1.54) is 0 Å². The van der Waals surface area contributed by atoms with Gasteiger partial charge in [0.15, 0.2) is 5.75 Å². The number of carbonyl (C=O) groups excluding carboxylic acids is 1. The standard InChI is InChI=1S/C28H26Cl2N4O2/c29-22-10-8-20(9-11-22)17-34-19-31-16-23(34)18-33-14-15-36-27-24(5-3-7-26(27)33)28(35)32-13-12-21-4-1-2-6-25(21)30/h1-11,16,19H,12-15,17-18H2,(H,32,35). The molecule has 2 heterocycles. The summed E-state index contributed by atoms with van der Waals surface area (Å²) in [6.07, 6.45) is 4.38. The van der Waals surface area contributed by atoms with Crippen molar-refractivity contribution in [2.24, 2.45) is 0 Å². The first kappa shape index (κ1) is 24.2. The van der Waals surface area contributed by atoms with Gasteiger partial charge < -0.3 is 19.5 Å². The Kier molecular flexibility index (Phi) is 7.44. The zero-order chi connectivity index (χ0) is 24.9. The first-order chi connectivity index (χ1) is 17.6. The number of ether oxygens (including phenoxy) is 1. The van der Waals surface area contributed by atoms with E-state index in [2.05, 4.69) is 19.8 Å². The minimum atomic E-state index is -0.159. The van der Waals surface area contributed by atoms with E-state index >= 15 is 0 Å². The molecule has 0 fully saturated rings. The van der Waals surface area contributed by atoms with Crippen LogP contribution in [0.3, 0.4) is 0 Å². The van der Waals surface area contributed by atoms with Crippen molar-refractivity contribution in [1.82, 2.24) is 14.9 Å². The molecular formula is C28H26Cl2N4O2. The molecule has 184 valence electrons. The second-order valence-electron chi connectivity index (χ2n) is 8.66. The Bertz CT molecular complexity index is 1350. The van der Waals surface area contributed by atoms with Crippen LogP contribution in [0.4, 0.5) is 5.69 Å². The van der Waals surface area contributed by atoms with Crippen LogP contribution in [-0.4, -0.2) is 35.2 Å². The van der Waals surface area contributed by atoms with Gasteiger partial charge in [0.2, 0.25) is 0 Å². The molecule has 6 nitrogen and oxygen atoms in total. The highest BCUT2D eigenvalue weighted by atomic mass is 35.5. The fraction of sp³-hybridized carbons (Fsp3) is 0.214. The minimum Gasteiger partial charge on any atom is -0.489 e. The number of imidazole rings is 1. The summed E-state index contributed by atoms with van der Waals surface area (Å²) in [6.45, 7) is 3.07. The van der Waals surface area contributed by atoms with E-state index < -0.39 is 0 Å². The summed E-state index contributed by atoms with van der Waals surface area (Å²) in [5.41, 5.74) is 4.67. The van der Waals surface area contributed by atoms with Gasteiger partial charge in [-0.05, 0) is 47.9 Å². The molecule has 0 saturated heterocycles. The third-order valence-electron chi connectivity index (χ3n) is 6.24. The van der Waals surface area contributed by atoms with Crippen LogP contribution >= 0.6 is 23.2 Å². The van der Waals surface area contributed by atoms with Gasteiger partial charge in [0.25, 0.3) is 5.91 Å². The smallest absolute Gasteiger partial charge is 0.255 e. The molecule has 0 aliphatic carbocycles. The number of amides is 1. The van der Waals surface area contributed by atoms with E-state index in [1.807, 2.05) is 73.2 Å². The Morgan fingerprint density at radius 1 is 1.00 bits per heavy atom. The minimum absolute atomic E-state index is 0.159. The molecule has 0 spiro atoms. The molecule has 1 N–H and O–H groups in total. The fourth-order valence-electron chi connectivity index (χ4n) is 4.36. The molecule has 5 rings (SSSR count). The second kappa shape index (κ2) is 11.1. The number of halogens is 2. The van der Waals surface area contributed by atoms with Gasteiger partial charge in [0, 0.05) is 29.3 Å². The lowest BCUT2D eigenvalue weighted by Gasteiger charge is -2.32. The summed E-state index contributed by atoms with van der Waals surface area (Å²) in [4.78, 5) is 19.6. The van der Waals surface area contributed by atoms with E-state index in [0.29, 0.717) is 49.0 Å². The van der Waals surface area contributed by atoms with Crippen molar-refractivity contribution in [3.8, 4) is 5.75 Å². The van der Waals surface area contributed by atoms with Gasteiger partial charge in [0.05, 0.1) is 36.4 Å². The Morgan fingerprint density at radius 3 is 2.67 bits per heavy atom. The topological polar surface area (TPSA) is 59.4 Å². The van der Waals surface area contributed by atoms with Crippen LogP contribution in [0.2, 0.25) is 10.0 Å². The van der Waals surface area contributed by atoms with Crippen LogP contribution < -0.4 is 15.0 Å².